The first-order valence-corrected chi connectivity index (χ1v) is 10.4. The molecule has 1 N–H and O–H groups in total. The lowest BCUT2D eigenvalue weighted by Gasteiger charge is -2.38. The summed E-state index contributed by atoms with van der Waals surface area (Å²) in [6.45, 7) is 6.89. The van der Waals surface area contributed by atoms with E-state index in [2.05, 4.69) is 5.32 Å². The van der Waals surface area contributed by atoms with Crippen molar-refractivity contribution in [2.75, 3.05) is 13.7 Å². The summed E-state index contributed by atoms with van der Waals surface area (Å²) in [5.74, 6) is -3.97. The summed E-state index contributed by atoms with van der Waals surface area (Å²) in [5, 5.41) is 14.7. The maximum atomic E-state index is 13.6. The largest absolute Gasteiger partial charge is 0.468 e. The first-order chi connectivity index (χ1) is 15.1. The van der Waals surface area contributed by atoms with Gasteiger partial charge in [-0.1, -0.05) is 19.1 Å². The molecule has 1 heterocycles. The van der Waals surface area contributed by atoms with Gasteiger partial charge in [0.05, 0.1) is 24.2 Å². The molecule has 1 aliphatic heterocycles. The number of allylic oxidation sites excluding steroid dienone is 3. The Kier molecular flexibility index (Phi) is 6.47. The highest BCUT2D eigenvalue weighted by molar-refractivity contribution is 6.12. The molecule has 0 saturated carbocycles. The van der Waals surface area contributed by atoms with E-state index in [-0.39, 0.29) is 29.4 Å². The fraction of sp³-hybridized carbons (Fsp3) is 0.435. The molecule has 9 nitrogen and oxygen atoms in total. The lowest BCUT2D eigenvalue weighted by Crippen LogP contribution is -2.43. The van der Waals surface area contributed by atoms with Gasteiger partial charge in [0.15, 0.2) is 5.78 Å². The maximum absolute atomic E-state index is 13.6. The second kappa shape index (κ2) is 8.94. The first-order valence-electron chi connectivity index (χ1n) is 10.4. The fourth-order valence-electron chi connectivity index (χ4n) is 4.50. The van der Waals surface area contributed by atoms with Crippen LogP contribution in [-0.2, 0) is 23.9 Å². The molecule has 1 aliphatic carbocycles. The minimum atomic E-state index is -1.02. The van der Waals surface area contributed by atoms with Crippen LogP contribution in [0.15, 0.2) is 40.7 Å². The molecule has 3 rings (SSSR count). The number of carbonyl (C=O) groups excluding carboxylic acids is 3. The van der Waals surface area contributed by atoms with Gasteiger partial charge in [-0.2, -0.15) is 0 Å². The van der Waals surface area contributed by atoms with Crippen molar-refractivity contribution in [3.05, 3.63) is 62.0 Å². The van der Waals surface area contributed by atoms with Crippen LogP contribution in [-0.4, -0.2) is 36.4 Å². The molecule has 2 aliphatic rings. The molecule has 0 fully saturated rings. The highest BCUT2D eigenvalue weighted by atomic mass is 16.6. The second-order valence-corrected chi connectivity index (χ2v) is 8.06. The molecular formula is C23H26N2O7. The molecule has 0 spiro atoms. The Bertz CT molecular complexity index is 1070. The van der Waals surface area contributed by atoms with Crippen molar-refractivity contribution in [1.82, 2.24) is 5.32 Å². The van der Waals surface area contributed by atoms with Crippen molar-refractivity contribution >= 4 is 23.4 Å². The summed E-state index contributed by atoms with van der Waals surface area (Å²) in [6, 6.07) is 4.62. The van der Waals surface area contributed by atoms with Crippen LogP contribution in [0.4, 0.5) is 5.69 Å². The van der Waals surface area contributed by atoms with E-state index in [9.17, 15) is 24.5 Å². The summed E-state index contributed by atoms with van der Waals surface area (Å²) in [5.41, 5.74) is 2.28. The minimum absolute atomic E-state index is 0.120. The summed E-state index contributed by atoms with van der Waals surface area (Å²) < 4.78 is 10.1. The predicted octanol–water partition coefficient (Wildman–Crippen LogP) is 3.08. The van der Waals surface area contributed by atoms with Gasteiger partial charge in [0, 0.05) is 34.5 Å². The van der Waals surface area contributed by atoms with Crippen LogP contribution < -0.4 is 5.32 Å². The van der Waals surface area contributed by atoms with Crippen LogP contribution >= 0.6 is 0 Å². The van der Waals surface area contributed by atoms with Gasteiger partial charge in [-0.3, -0.25) is 19.7 Å². The van der Waals surface area contributed by atoms with Crippen molar-refractivity contribution in [2.24, 2.45) is 11.8 Å². The van der Waals surface area contributed by atoms with Gasteiger partial charge in [0.25, 0.3) is 5.69 Å². The number of Topliss-reactive ketones (excluding diaryl/α,β-unsaturated/α-hetero) is 1. The predicted molar refractivity (Wildman–Crippen MR) is 114 cm³/mol. The Labute approximate surface area is 185 Å². The molecule has 0 aromatic heterocycles. The van der Waals surface area contributed by atoms with Gasteiger partial charge in [0.2, 0.25) is 0 Å². The number of nitro benzene ring substituents is 1. The van der Waals surface area contributed by atoms with E-state index in [0.29, 0.717) is 28.9 Å². The van der Waals surface area contributed by atoms with Crippen LogP contribution in [0.1, 0.15) is 44.2 Å². The summed E-state index contributed by atoms with van der Waals surface area (Å²) >= 11 is 0. The Morgan fingerprint density at radius 2 is 1.97 bits per heavy atom. The van der Waals surface area contributed by atoms with E-state index in [0.717, 1.165) is 0 Å². The third-order valence-corrected chi connectivity index (χ3v) is 6.00. The van der Waals surface area contributed by atoms with Crippen molar-refractivity contribution < 1.29 is 28.8 Å². The van der Waals surface area contributed by atoms with Crippen molar-refractivity contribution in [3.8, 4) is 0 Å². The van der Waals surface area contributed by atoms with Crippen LogP contribution in [0.2, 0.25) is 0 Å². The third-order valence-electron chi connectivity index (χ3n) is 6.00. The molecule has 1 aromatic rings. The maximum Gasteiger partial charge on any atom is 0.336 e. The third kappa shape index (κ3) is 3.90. The van der Waals surface area contributed by atoms with Crippen LogP contribution in [0.5, 0.6) is 0 Å². The summed E-state index contributed by atoms with van der Waals surface area (Å²) in [7, 11) is 1.22. The van der Waals surface area contributed by atoms with E-state index in [1.54, 1.807) is 39.8 Å². The first kappa shape index (κ1) is 23.2. The Balaban J connectivity index is 2.25. The molecule has 0 amide bonds. The van der Waals surface area contributed by atoms with Gasteiger partial charge < -0.3 is 14.8 Å². The van der Waals surface area contributed by atoms with Gasteiger partial charge in [-0.05, 0) is 38.7 Å². The molecule has 0 unspecified atom stereocenters. The Morgan fingerprint density at radius 1 is 1.28 bits per heavy atom. The number of benzene rings is 1. The molecule has 9 heteroatoms. The number of nitrogens with one attached hydrogen (secondary N) is 1. The molecule has 1 aromatic carbocycles. The SMILES string of the molecule is CCOC(=O)C1=C(C)NC2=C(C(=O)[C@H](C(=O)OC)[C@@H](C)C2)[C@H]1c1ccc(C)c([N+](=O)[O-])c1. The van der Waals surface area contributed by atoms with Crippen molar-refractivity contribution in [1.29, 1.82) is 0 Å². The number of nitro groups is 1. The normalized spacial score (nSPS) is 22.8. The zero-order valence-corrected chi connectivity index (χ0v) is 18.7. The molecular weight excluding hydrogens is 416 g/mol. The standard InChI is InChI=1S/C23H26N2O7/c1-6-32-23(28)18-13(4)24-15-9-12(3)17(22(27)31-5)21(26)20(15)19(18)14-8-7-11(2)16(10-14)25(29)30/h7-8,10,12,17,19,24H,6,9H2,1-5H3/t12-,17+,19-/m0/s1. The molecule has 170 valence electrons. The number of hydrogen-bond donors (Lipinski definition) is 1. The quantitative estimate of drug-likeness (QED) is 0.319. The van der Waals surface area contributed by atoms with E-state index in [4.69, 9.17) is 9.47 Å². The molecule has 32 heavy (non-hydrogen) atoms. The number of methoxy groups -OCH3 is 1. The molecule has 0 bridgehead atoms. The smallest absolute Gasteiger partial charge is 0.336 e. The van der Waals surface area contributed by atoms with Crippen LogP contribution in [0, 0.1) is 28.9 Å². The van der Waals surface area contributed by atoms with Crippen LogP contribution in [0.25, 0.3) is 0 Å². The van der Waals surface area contributed by atoms with E-state index in [1.165, 1.54) is 13.2 Å². The number of hydrogen-bond acceptors (Lipinski definition) is 8. The summed E-state index contributed by atoms with van der Waals surface area (Å²) in [6.07, 6.45) is 0.388. The number of aryl methyl sites for hydroxylation is 1. The van der Waals surface area contributed by atoms with Crippen molar-refractivity contribution in [3.63, 3.8) is 0 Å². The fourth-order valence-corrected chi connectivity index (χ4v) is 4.50. The molecule has 0 radical (unpaired) electrons. The highest BCUT2D eigenvalue weighted by Gasteiger charge is 2.47. The number of ketones is 1. The van der Waals surface area contributed by atoms with Gasteiger partial charge >= 0.3 is 11.9 Å². The van der Waals surface area contributed by atoms with Gasteiger partial charge in [-0.15, -0.1) is 0 Å². The van der Waals surface area contributed by atoms with E-state index in [1.807, 2.05) is 0 Å². The van der Waals surface area contributed by atoms with Gasteiger partial charge in [0.1, 0.15) is 5.92 Å². The number of nitrogens with zero attached hydrogens (tertiary/aromatic N) is 1. The zero-order valence-electron chi connectivity index (χ0n) is 18.7. The monoisotopic (exact) mass is 442 g/mol. The van der Waals surface area contributed by atoms with E-state index < -0.39 is 34.5 Å². The minimum Gasteiger partial charge on any atom is -0.468 e. The van der Waals surface area contributed by atoms with E-state index >= 15 is 0 Å². The summed E-state index contributed by atoms with van der Waals surface area (Å²) in [4.78, 5) is 49.9. The molecule has 0 saturated heterocycles. The average molecular weight is 442 g/mol. The van der Waals surface area contributed by atoms with Crippen molar-refractivity contribution in [2.45, 2.75) is 40.0 Å². The lowest BCUT2D eigenvalue weighted by molar-refractivity contribution is -0.385. The number of ether oxygens (including phenoxy) is 2. The topological polar surface area (TPSA) is 125 Å². The number of dihydropyridines is 1. The number of rotatable bonds is 5. The lowest BCUT2D eigenvalue weighted by atomic mass is 9.69. The van der Waals surface area contributed by atoms with Crippen LogP contribution in [0.3, 0.4) is 0 Å². The highest BCUT2D eigenvalue weighted by Crippen LogP contribution is 2.46. The second-order valence-electron chi connectivity index (χ2n) is 8.06. The average Bonchev–Trinajstić information content (AvgIpc) is 2.72. The Hall–Kier alpha value is -3.49. The zero-order chi connectivity index (χ0) is 23.7. The number of esters is 2. The Morgan fingerprint density at radius 3 is 2.56 bits per heavy atom. The number of carbonyl (C=O) groups is 3. The van der Waals surface area contributed by atoms with Gasteiger partial charge in [-0.25, -0.2) is 4.79 Å². The molecule has 3 atom stereocenters.